The number of amides is 1. The van der Waals surface area contributed by atoms with Crippen molar-refractivity contribution in [3.63, 3.8) is 0 Å². The van der Waals surface area contributed by atoms with Crippen LogP contribution >= 0.6 is 0 Å². The molecule has 0 aliphatic carbocycles. The van der Waals surface area contributed by atoms with Gasteiger partial charge >= 0.3 is 0 Å². The summed E-state index contributed by atoms with van der Waals surface area (Å²) < 4.78 is 11.3. The second-order valence-corrected chi connectivity index (χ2v) is 6.03. The monoisotopic (exact) mass is 307 g/mol. The van der Waals surface area contributed by atoms with E-state index in [1.165, 1.54) is 5.56 Å². The number of rotatable bonds is 8. The van der Waals surface area contributed by atoms with E-state index in [2.05, 4.69) is 18.3 Å². The van der Waals surface area contributed by atoms with Crippen molar-refractivity contribution in [2.75, 3.05) is 13.2 Å². The quantitative estimate of drug-likeness (QED) is 0.750. The maximum absolute atomic E-state index is 12.0. The number of ether oxygens (including phenoxy) is 2. The fraction of sp³-hybridized carbons (Fsp3) is 0.611. The zero-order valence-corrected chi connectivity index (χ0v) is 14.7. The smallest absolute Gasteiger partial charge is 0.260 e. The second kappa shape index (κ2) is 8.79. The lowest BCUT2D eigenvalue weighted by Gasteiger charge is -2.18. The summed E-state index contributed by atoms with van der Waals surface area (Å²) in [5, 5.41) is 2.88. The van der Waals surface area contributed by atoms with E-state index in [1.807, 2.05) is 33.8 Å². The Balaban J connectivity index is 2.44. The molecule has 0 saturated heterocycles. The molecule has 0 spiro atoms. The SMILES string of the molecule is Cc1cc(C)c(C)c(O[C@@H](C)C(=O)NCCCOC(C)C)c1. The highest BCUT2D eigenvalue weighted by molar-refractivity contribution is 5.80. The molecule has 1 amide bonds. The number of hydrogen-bond acceptors (Lipinski definition) is 3. The standard InChI is InChI=1S/C18H29NO3/c1-12(2)21-9-7-8-19-18(20)16(6)22-17-11-13(3)10-14(4)15(17)5/h10-12,16H,7-9H2,1-6H3,(H,19,20)/t16-/m0/s1. The van der Waals surface area contributed by atoms with Crippen LogP contribution in [0, 0.1) is 20.8 Å². The Bertz CT molecular complexity index is 497. The van der Waals surface area contributed by atoms with Crippen molar-refractivity contribution in [2.45, 2.75) is 60.2 Å². The second-order valence-electron chi connectivity index (χ2n) is 6.03. The molecule has 124 valence electrons. The molecule has 4 nitrogen and oxygen atoms in total. The fourth-order valence-electron chi connectivity index (χ4n) is 2.11. The molecule has 1 N–H and O–H groups in total. The lowest BCUT2D eigenvalue weighted by molar-refractivity contribution is -0.127. The maximum atomic E-state index is 12.0. The molecule has 0 aliphatic rings. The number of hydrogen-bond donors (Lipinski definition) is 1. The molecule has 4 heteroatoms. The Kier molecular flexibility index (Phi) is 7.39. The fourth-order valence-corrected chi connectivity index (χ4v) is 2.11. The van der Waals surface area contributed by atoms with E-state index >= 15 is 0 Å². The van der Waals surface area contributed by atoms with Crippen LogP contribution in [-0.4, -0.2) is 31.3 Å². The van der Waals surface area contributed by atoms with E-state index in [4.69, 9.17) is 9.47 Å². The molecular formula is C18H29NO3. The molecule has 1 rings (SSSR count). The van der Waals surface area contributed by atoms with E-state index in [0.29, 0.717) is 13.2 Å². The third kappa shape index (κ3) is 6.06. The summed E-state index contributed by atoms with van der Waals surface area (Å²) in [7, 11) is 0. The predicted octanol–water partition coefficient (Wildman–Crippen LogP) is 3.31. The zero-order valence-electron chi connectivity index (χ0n) is 14.7. The van der Waals surface area contributed by atoms with Crippen LogP contribution in [0.1, 0.15) is 43.9 Å². The van der Waals surface area contributed by atoms with Gasteiger partial charge in [0.2, 0.25) is 0 Å². The number of nitrogens with one attached hydrogen (secondary N) is 1. The zero-order chi connectivity index (χ0) is 16.7. The van der Waals surface area contributed by atoms with Crippen LogP contribution < -0.4 is 10.1 Å². The van der Waals surface area contributed by atoms with Crippen molar-refractivity contribution in [1.82, 2.24) is 5.32 Å². The first-order chi connectivity index (χ1) is 10.3. The topological polar surface area (TPSA) is 47.6 Å². The minimum absolute atomic E-state index is 0.0943. The molecule has 0 unspecified atom stereocenters. The van der Waals surface area contributed by atoms with E-state index in [0.717, 1.165) is 23.3 Å². The highest BCUT2D eigenvalue weighted by atomic mass is 16.5. The molecule has 0 radical (unpaired) electrons. The largest absolute Gasteiger partial charge is 0.481 e. The summed E-state index contributed by atoms with van der Waals surface area (Å²) in [5.41, 5.74) is 3.39. The highest BCUT2D eigenvalue weighted by Crippen LogP contribution is 2.24. The summed E-state index contributed by atoms with van der Waals surface area (Å²) in [5.74, 6) is 0.686. The van der Waals surface area contributed by atoms with E-state index in [1.54, 1.807) is 6.92 Å². The van der Waals surface area contributed by atoms with Crippen LogP contribution in [0.2, 0.25) is 0 Å². The van der Waals surface area contributed by atoms with Gasteiger partial charge in [-0.1, -0.05) is 6.07 Å². The lowest BCUT2D eigenvalue weighted by Crippen LogP contribution is -2.37. The van der Waals surface area contributed by atoms with Crippen LogP contribution in [0.3, 0.4) is 0 Å². The van der Waals surface area contributed by atoms with Gasteiger partial charge in [-0.3, -0.25) is 4.79 Å². The van der Waals surface area contributed by atoms with Gasteiger partial charge < -0.3 is 14.8 Å². The molecule has 0 aromatic heterocycles. The van der Waals surface area contributed by atoms with Crippen molar-refractivity contribution in [1.29, 1.82) is 0 Å². The molecule has 0 fully saturated rings. The first kappa shape index (κ1) is 18.5. The maximum Gasteiger partial charge on any atom is 0.260 e. The van der Waals surface area contributed by atoms with Gasteiger partial charge in [0.15, 0.2) is 6.10 Å². The van der Waals surface area contributed by atoms with Crippen molar-refractivity contribution in [2.24, 2.45) is 0 Å². The third-order valence-electron chi connectivity index (χ3n) is 3.51. The molecule has 1 atom stereocenters. The van der Waals surface area contributed by atoms with Gasteiger partial charge in [-0.25, -0.2) is 0 Å². The minimum Gasteiger partial charge on any atom is -0.481 e. The third-order valence-corrected chi connectivity index (χ3v) is 3.51. The van der Waals surface area contributed by atoms with Crippen molar-refractivity contribution >= 4 is 5.91 Å². The lowest BCUT2D eigenvalue weighted by atomic mass is 10.1. The number of carbonyl (C=O) groups is 1. The summed E-state index contributed by atoms with van der Waals surface area (Å²) in [6.07, 6.45) is 0.524. The summed E-state index contributed by atoms with van der Waals surface area (Å²) in [6, 6.07) is 4.09. The van der Waals surface area contributed by atoms with E-state index < -0.39 is 6.10 Å². The normalized spacial score (nSPS) is 12.3. The van der Waals surface area contributed by atoms with Gasteiger partial charge in [0.1, 0.15) is 5.75 Å². The average Bonchev–Trinajstić information content (AvgIpc) is 2.43. The summed E-state index contributed by atoms with van der Waals surface area (Å²) >= 11 is 0. The van der Waals surface area contributed by atoms with E-state index in [-0.39, 0.29) is 12.0 Å². The Morgan fingerprint density at radius 1 is 1.18 bits per heavy atom. The van der Waals surface area contributed by atoms with Gasteiger partial charge in [0.25, 0.3) is 5.91 Å². The molecule has 1 aromatic rings. The Morgan fingerprint density at radius 3 is 2.50 bits per heavy atom. The van der Waals surface area contributed by atoms with Crippen molar-refractivity contribution < 1.29 is 14.3 Å². The van der Waals surface area contributed by atoms with Crippen molar-refractivity contribution in [3.05, 3.63) is 28.8 Å². The first-order valence-corrected chi connectivity index (χ1v) is 7.95. The predicted molar refractivity (Wildman–Crippen MR) is 89.5 cm³/mol. The minimum atomic E-state index is -0.508. The van der Waals surface area contributed by atoms with Crippen LogP contribution in [0.15, 0.2) is 12.1 Å². The van der Waals surface area contributed by atoms with Gasteiger partial charge in [-0.2, -0.15) is 0 Å². The van der Waals surface area contributed by atoms with E-state index in [9.17, 15) is 4.79 Å². The van der Waals surface area contributed by atoms with Crippen LogP contribution in [0.5, 0.6) is 5.75 Å². The number of carbonyl (C=O) groups excluding carboxylic acids is 1. The van der Waals surface area contributed by atoms with Gasteiger partial charge in [-0.15, -0.1) is 0 Å². The molecule has 0 bridgehead atoms. The average molecular weight is 307 g/mol. The van der Waals surface area contributed by atoms with Crippen LogP contribution in [0.25, 0.3) is 0 Å². The number of benzene rings is 1. The summed E-state index contributed by atoms with van der Waals surface area (Å²) in [6.45, 7) is 13.1. The highest BCUT2D eigenvalue weighted by Gasteiger charge is 2.15. The number of aryl methyl sites for hydroxylation is 2. The first-order valence-electron chi connectivity index (χ1n) is 7.95. The van der Waals surface area contributed by atoms with Crippen molar-refractivity contribution in [3.8, 4) is 5.75 Å². The van der Waals surface area contributed by atoms with Crippen LogP contribution in [0.4, 0.5) is 0 Å². The summed E-state index contributed by atoms with van der Waals surface area (Å²) in [4.78, 5) is 12.0. The molecule has 0 heterocycles. The van der Waals surface area contributed by atoms with Gasteiger partial charge in [0.05, 0.1) is 6.10 Å². The Hall–Kier alpha value is -1.55. The Morgan fingerprint density at radius 2 is 1.86 bits per heavy atom. The molecule has 22 heavy (non-hydrogen) atoms. The molecular weight excluding hydrogens is 278 g/mol. The molecule has 1 aromatic carbocycles. The van der Waals surface area contributed by atoms with Gasteiger partial charge in [-0.05, 0) is 70.7 Å². The molecule has 0 aliphatic heterocycles. The van der Waals surface area contributed by atoms with Crippen LogP contribution in [-0.2, 0) is 9.53 Å². The molecule has 0 saturated carbocycles. The van der Waals surface area contributed by atoms with Gasteiger partial charge in [0, 0.05) is 13.2 Å². The Labute approximate surface area is 134 Å².